The third-order valence-electron chi connectivity index (χ3n) is 4.74. The van der Waals surface area contributed by atoms with E-state index in [-0.39, 0.29) is 11.9 Å². The number of carbonyl (C=O) groups is 1. The highest BCUT2D eigenvalue weighted by Crippen LogP contribution is 2.27. The third-order valence-corrected chi connectivity index (χ3v) is 4.74. The fraction of sp³-hybridized carbons (Fsp3) is 0.588. The number of nitrogens with one attached hydrogen (secondary N) is 2. The molecule has 3 N–H and O–H groups in total. The summed E-state index contributed by atoms with van der Waals surface area (Å²) >= 11 is 0. The number of hydrogen-bond acceptors (Lipinski definition) is 4. The highest BCUT2D eigenvalue weighted by molar-refractivity contribution is 5.76. The van der Waals surface area contributed by atoms with Gasteiger partial charge in [-0.1, -0.05) is 0 Å². The number of aliphatic hydroxyl groups is 1. The Balaban J connectivity index is 1.45. The lowest BCUT2D eigenvalue weighted by atomic mass is 10.1. The quantitative estimate of drug-likeness (QED) is 0.739. The van der Waals surface area contributed by atoms with Crippen LogP contribution in [0.25, 0.3) is 0 Å². The van der Waals surface area contributed by atoms with Crippen molar-refractivity contribution in [2.24, 2.45) is 5.92 Å². The lowest BCUT2D eigenvalue weighted by Gasteiger charge is -2.16. The highest BCUT2D eigenvalue weighted by atomic mass is 16.3. The summed E-state index contributed by atoms with van der Waals surface area (Å²) in [5.41, 5.74) is 2.01. The summed E-state index contributed by atoms with van der Waals surface area (Å²) in [5.74, 6) is 1.13. The molecular formula is C17H25N5O2. The van der Waals surface area contributed by atoms with Crippen molar-refractivity contribution in [1.29, 1.82) is 0 Å². The van der Waals surface area contributed by atoms with Gasteiger partial charge in [-0.05, 0) is 38.7 Å². The molecule has 0 radical (unpaired) electrons. The predicted octanol–water partition coefficient (Wildman–Crippen LogP) is 1.11. The number of H-pyrrole nitrogens is 1. The van der Waals surface area contributed by atoms with E-state index in [1.807, 2.05) is 30.8 Å². The van der Waals surface area contributed by atoms with Gasteiger partial charge >= 0.3 is 0 Å². The van der Waals surface area contributed by atoms with E-state index in [0.717, 1.165) is 30.2 Å². The van der Waals surface area contributed by atoms with Crippen LogP contribution in [0.4, 0.5) is 0 Å². The second-order valence-electron chi connectivity index (χ2n) is 6.70. The van der Waals surface area contributed by atoms with Gasteiger partial charge in [-0.15, -0.1) is 0 Å². The Morgan fingerprint density at radius 3 is 2.96 bits per heavy atom. The first kappa shape index (κ1) is 16.7. The summed E-state index contributed by atoms with van der Waals surface area (Å²) in [6.45, 7) is 4.70. The second-order valence-corrected chi connectivity index (χ2v) is 6.70. The van der Waals surface area contributed by atoms with Gasteiger partial charge in [0.2, 0.25) is 5.91 Å². The molecule has 24 heavy (non-hydrogen) atoms. The summed E-state index contributed by atoms with van der Waals surface area (Å²) in [6, 6.07) is 1.72. The first-order chi connectivity index (χ1) is 11.5. The van der Waals surface area contributed by atoms with Gasteiger partial charge in [0.15, 0.2) is 0 Å². The van der Waals surface area contributed by atoms with Crippen LogP contribution in [0.5, 0.6) is 0 Å². The Bertz CT molecular complexity index is 660. The number of aliphatic hydroxyl groups excluding tert-OH is 1. The lowest BCUT2D eigenvalue weighted by molar-refractivity contribution is -0.122. The Hall–Kier alpha value is -2.15. The molecule has 0 aliphatic heterocycles. The maximum Gasteiger partial charge on any atom is 0.220 e. The Labute approximate surface area is 141 Å². The molecule has 1 aliphatic rings. The number of rotatable bonds is 6. The van der Waals surface area contributed by atoms with Crippen LogP contribution in [0.15, 0.2) is 18.5 Å². The van der Waals surface area contributed by atoms with Gasteiger partial charge in [-0.25, -0.2) is 4.98 Å². The van der Waals surface area contributed by atoms with Crippen molar-refractivity contribution in [2.45, 2.75) is 58.2 Å². The number of aromatic amines is 1. The minimum absolute atomic E-state index is 0.0366. The van der Waals surface area contributed by atoms with E-state index in [4.69, 9.17) is 0 Å². The number of aromatic nitrogens is 4. The number of amides is 1. The molecule has 2 aromatic rings. The first-order valence-corrected chi connectivity index (χ1v) is 8.48. The van der Waals surface area contributed by atoms with E-state index in [2.05, 4.69) is 20.4 Å². The fourth-order valence-electron chi connectivity index (χ4n) is 3.35. The van der Waals surface area contributed by atoms with E-state index >= 15 is 0 Å². The average molecular weight is 331 g/mol. The molecule has 1 saturated carbocycles. The molecule has 0 spiro atoms. The minimum atomic E-state index is -0.484. The van der Waals surface area contributed by atoms with Crippen LogP contribution in [-0.2, 0) is 17.8 Å². The maximum atomic E-state index is 12.2. The largest absolute Gasteiger partial charge is 0.391 e. The SMILES string of the molecule is Cc1nc(CCC(=O)N[C@@H]2CC(Cn3cccn3)C[C@H]2O)[nH]c1C. The predicted molar refractivity (Wildman–Crippen MR) is 89.3 cm³/mol. The standard InChI is InChI=1S/C17H25N5O2/c1-11-12(2)20-16(19-11)4-5-17(24)21-14-8-13(9-15(14)23)10-22-7-3-6-18-22/h3,6-7,13-15,23H,4-5,8-10H2,1-2H3,(H,19,20)(H,21,24)/t13?,14-,15-/m1/s1. The Kier molecular flexibility index (Phi) is 4.99. The molecular weight excluding hydrogens is 306 g/mol. The minimum Gasteiger partial charge on any atom is -0.391 e. The molecule has 7 heteroatoms. The zero-order valence-corrected chi connectivity index (χ0v) is 14.2. The normalized spacial score (nSPS) is 23.5. The van der Waals surface area contributed by atoms with Gasteiger partial charge in [0.25, 0.3) is 0 Å². The van der Waals surface area contributed by atoms with Gasteiger partial charge < -0.3 is 15.4 Å². The molecule has 1 amide bonds. The molecule has 130 valence electrons. The van der Waals surface area contributed by atoms with E-state index in [9.17, 15) is 9.90 Å². The molecule has 0 aromatic carbocycles. The van der Waals surface area contributed by atoms with Crippen molar-refractivity contribution in [1.82, 2.24) is 25.1 Å². The van der Waals surface area contributed by atoms with E-state index in [1.54, 1.807) is 6.20 Å². The molecule has 2 aromatic heterocycles. The number of aryl methyl sites for hydroxylation is 3. The van der Waals surface area contributed by atoms with Crippen molar-refractivity contribution in [3.8, 4) is 0 Å². The molecule has 0 bridgehead atoms. The monoisotopic (exact) mass is 331 g/mol. The summed E-state index contributed by atoms with van der Waals surface area (Å²) in [6.07, 6.45) is 5.63. The summed E-state index contributed by atoms with van der Waals surface area (Å²) in [4.78, 5) is 19.7. The topological polar surface area (TPSA) is 95.8 Å². The van der Waals surface area contributed by atoms with Crippen molar-refractivity contribution < 1.29 is 9.90 Å². The molecule has 7 nitrogen and oxygen atoms in total. The van der Waals surface area contributed by atoms with Crippen LogP contribution in [0.2, 0.25) is 0 Å². The van der Waals surface area contributed by atoms with E-state index < -0.39 is 6.10 Å². The molecule has 3 rings (SSSR count). The van der Waals surface area contributed by atoms with Crippen molar-refractivity contribution in [3.05, 3.63) is 35.7 Å². The third kappa shape index (κ3) is 4.03. The molecule has 1 unspecified atom stereocenters. The average Bonchev–Trinajstić information content (AvgIpc) is 3.22. The van der Waals surface area contributed by atoms with Crippen LogP contribution < -0.4 is 5.32 Å². The Morgan fingerprint density at radius 1 is 1.46 bits per heavy atom. The zero-order chi connectivity index (χ0) is 17.1. The van der Waals surface area contributed by atoms with Crippen LogP contribution in [0, 0.1) is 19.8 Å². The van der Waals surface area contributed by atoms with Crippen LogP contribution >= 0.6 is 0 Å². The molecule has 1 aliphatic carbocycles. The molecule has 3 atom stereocenters. The van der Waals surface area contributed by atoms with E-state index in [0.29, 0.717) is 25.2 Å². The number of hydrogen-bond donors (Lipinski definition) is 3. The molecule has 0 saturated heterocycles. The van der Waals surface area contributed by atoms with Crippen LogP contribution in [-0.4, -0.2) is 42.9 Å². The first-order valence-electron chi connectivity index (χ1n) is 8.48. The van der Waals surface area contributed by atoms with Crippen LogP contribution in [0.3, 0.4) is 0 Å². The van der Waals surface area contributed by atoms with Gasteiger partial charge in [0, 0.05) is 37.5 Å². The van der Waals surface area contributed by atoms with Crippen molar-refractivity contribution in [3.63, 3.8) is 0 Å². The van der Waals surface area contributed by atoms with Gasteiger partial charge in [0.05, 0.1) is 17.8 Å². The number of imidazole rings is 1. The maximum absolute atomic E-state index is 12.2. The number of nitrogens with zero attached hydrogens (tertiary/aromatic N) is 3. The Morgan fingerprint density at radius 2 is 2.29 bits per heavy atom. The summed E-state index contributed by atoms with van der Waals surface area (Å²) in [5, 5.41) is 17.4. The van der Waals surface area contributed by atoms with Crippen molar-refractivity contribution in [2.75, 3.05) is 0 Å². The molecule has 1 fully saturated rings. The highest BCUT2D eigenvalue weighted by Gasteiger charge is 2.34. The number of carbonyl (C=O) groups excluding carboxylic acids is 1. The molecule has 2 heterocycles. The lowest BCUT2D eigenvalue weighted by Crippen LogP contribution is -2.40. The van der Waals surface area contributed by atoms with Crippen LogP contribution in [0.1, 0.15) is 36.5 Å². The van der Waals surface area contributed by atoms with Gasteiger partial charge in [-0.3, -0.25) is 9.48 Å². The van der Waals surface area contributed by atoms with Gasteiger partial charge in [0.1, 0.15) is 5.82 Å². The zero-order valence-electron chi connectivity index (χ0n) is 14.2. The van der Waals surface area contributed by atoms with Crippen molar-refractivity contribution >= 4 is 5.91 Å². The summed E-state index contributed by atoms with van der Waals surface area (Å²) < 4.78 is 1.88. The fourth-order valence-corrected chi connectivity index (χ4v) is 3.35. The summed E-state index contributed by atoms with van der Waals surface area (Å²) in [7, 11) is 0. The van der Waals surface area contributed by atoms with Gasteiger partial charge in [-0.2, -0.15) is 5.10 Å². The second kappa shape index (κ2) is 7.17. The smallest absolute Gasteiger partial charge is 0.220 e. The van der Waals surface area contributed by atoms with E-state index in [1.165, 1.54) is 0 Å².